The van der Waals surface area contributed by atoms with Gasteiger partial charge >= 0.3 is 0 Å². The van der Waals surface area contributed by atoms with E-state index in [1.54, 1.807) is 11.9 Å². The Morgan fingerprint density at radius 1 is 0.964 bits per heavy atom. The molecule has 28 heavy (non-hydrogen) atoms. The fraction of sp³-hybridized carbons (Fsp3) is 0.640. The average Bonchev–Trinajstić information content (AvgIpc) is 3.05. The molecule has 2 nitrogen and oxygen atoms in total. The molecule has 5 unspecified atom stereocenters. The van der Waals surface area contributed by atoms with Crippen molar-refractivity contribution in [1.82, 2.24) is 4.83 Å². The molecule has 0 radical (unpaired) electrons. The van der Waals surface area contributed by atoms with Gasteiger partial charge in [0, 0.05) is 28.0 Å². The molecule has 4 aliphatic rings. The van der Waals surface area contributed by atoms with Crippen LogP contribution in [-0.2, 0) is 0 Å². The Hall–Kier alpha value is -1.22. The molecule has 1 aromatic carbocycles. The summed E-state index contributed by atoms with van der Waals surface area (Å²) in [6.45, 7) is 5.14. The Kier molecular flexibility index (Phi) is 4.85. The Morgan fingerprint density at radius 3 is 2.64 bits per heavy atom. The predicted octanol–water partition coefficient (Wildman–Crippen LogP) is 6.99. The van der Waals surface area contributed by atoms with Crippen LogP contribution in [-0.4, -0.2) is 5.71 Å². The molecule has 3 saturated carbocycles. The normalized spacial score (nSPS) is 41.0. The zero-order chi connectivity index (χ0) is 19.2. The van der Waals surface area contributed by atoms with Crippen LogP contribution in [0.1, 0.15) is 71.6 Å². The van der Waals surface area contributed by atoms with E-state index in [-0.39, 0.29) is 0 Å². The van der Waals surface area contributed by atoms with Crippen molar-refractivity contribution >= 4 is 17.7 Å². The topological polar surface area (TPSA) is 24.4 Å². The molecular formula is C25H34N2S. The van der Waals surface area contributed by atoms with Crippen molar-refractivity contribution in [3.8, 4) is 0 Å². The molecule has 1 N–H and O–H groups in total. The third kappa shape index (κ3) is 2.96. The van der Waals surface area contributed by atoms with Gasteiger partial charge in [-0.05, 0) is 86.7 Å². The second-order valence-electron chi connectivity index (χ2n) is 10.0. The van der Waals surface area contributed by atoms with E-state index in [2.05, 4.69) is 55.1 Å². The fourth-order valence-corrected chi connectivity index (χ4v) is 7.84. The summed E-state index contributed by atoms with van der Waals surface area (Å²) in [5.41, 5.74) is 4.06. The molecule has 5 rings (SSSR count). The van der Waals surface area contributed by atoms with Crippen LogP contribution in [0.3, 0.4) is 0 Å². The summed E-state index contributed by atoms with van der Waals surface area (Å²) in [4.78, 5) is 4.55. The van der Waals surface area contributed by atoms with Crippen molar-refractivity contribution in [2.75, 3.05) is 0 Å². The molecule has 1 aromatic rings. The molecule has 0 aromatic heterocycles. The number of benzene rings is 1. The zero-order valence-corrected chi connectivity index (χ0v) is 18.2. The van der Waals surface area contributed by atoms with Gasteiger partial charge in [0.05, 0.1) is 0 Å². The summed E-state index contributed by atoms with van der Waals surface area (Å²) >= 11 is 1.64. The lowest BCUT2D eigenvalue weighted by atomic mass is 9.48. The van der Waals surface area contributed by atoms with E-state index >= 15 is 0 Å². The van der Waals surface area contributed by atoms with E-state index in [0.29, 0.717) is 10.8 Å². The smallest absolute Gasteiger partial charge is 0.0450 e. The van der Waals surface area contributed by atoms with Gasteiger partial charge in [-0.1, -0.05) is 50.1 Å². The van der Waals surface area contributed by atoms with E-state index in [9.17, 15) is 0 Å². The van der Waals surface area contributed by atoms with Crippen LogP contribution in [0, 0.1) is 28.6 Å². The van der Waals surface area contributed by atoms with Crippen LogP contribution in [0.15, 0.2) is 52.0 Å². The molecular weight excluding hydrogens is 360 g/mol. The number of hydrogen-bond acceptors (Lipinski definition) is 3. The third-order valence-corrected chi connectivity index (χ3v) is 9.54. The van der Waals surface area contributed by atoms with Crippen LogP contribution in [0.5, 0.6) is 0 Å². The average molecular weight is 395 g/mol. The number of hydrazone groups is 1. The first kappa shape index (κ1) is 18.8. The molecule has 5 atom stereocenters. The largest absolute Gasteiger partial charge is 0.247 e. The minimum Gasteiger partial charge on any atom is -0.247 e. The molecule has 4 aliphatic carbocycles. The summed E-state index contributed by atoms with van der Waals surface area (Å²) in [6, 6.07) is 10.5. The number of allylic oxidation sites excluding steroid dienone is 2. The molecule has 3 heteroatoms. The lowest BCUT2D eigenvalue weighted by Gasteiger charge is -2.56. The highest BCUT2D eigenvalue weighted by atomic mass is 32.2. The Bertz CT molecular complexity index is 785. The molecule has 0 aliphatic heterocycles. The van der Waals surface area contributed by atoms with Crippen LogP contribution < -0.4 is 4.83 Å². The van der Waals surface area contributed by atoms with Gasteiger partial charge in [-0.3, -0.25) is 0 Å². The minimum absolute atomic E-state index is 0.307. The van der Waals surface area contributed by atoms with Crippen molar-refractivity contribution in [3.63, 3.8) is 0 Å². The summed E-state index contributed by atoms with van der Waals surface area (Å²) in [6.07, 6.45) is 14.9. The first-order chi connectivity index (χ1) is 13.6. The van der Waals surface area contributed by atoms with Gasteiger partial charge in [0.1, 0.15) is 0 Å². The predicted molar refractivity (Wildman–Crippen MR) is 119 cm³/mol. The third-order valence-electron chi connectivity index (χ3n) is 8.85. The van der Waals surface area contributed by atoms with E-state index < -0.39 is 0 Å². The van der Waals surface area contributed by atoms with Gasteiger partial charge in [-0.25, -0.2) is 4.83 Å². The van der Waals surface area contributed by atoms with Crippen LogP contribution in [0.2, 0.25) is 0 Å². The van der Waals surface area contributed by atoms with E-state index in [1.807, 2.05) is 5.57 Å². The number of fused-ring (bicyclic) bond motifs is 5. The van der Waals surface area contributed by atoms with Crippen molar-refractivity contribution in [2.24, 2.45) is 33.7 Å². The fourth-order valence-electron chi connectivity index (χ4n) is 7.29. The van der Waals surface area contributed by atoms with E-state index in [0.717, 1.165) is 17.8 Å². The highest BCUT2D eigenvalue weighted by Gasteiger charge is 2.57. The number of rotatable bonds is 3. The Labute approximate surface area is 174 Å². The number of nitrogens with zero attached hydrogens (tertiary/aromatic N) is 1. The molecule has 150 valence electrons. The van der Waals surface area contributed by atoms with Crippen molar-refractivity contribution in [3.05, 3.63) is 42.0 Å². The van der Waals surface area contributed by atoms with Crippen molar-refractivity contribution < 1.29 is 0 Å². The second-order valence-corrected chi connectivity index (χ2v) is 10.9. The Morgan fingerprint density at radius 2 is 1.79 bits per heavy atom. The molecule has 0 heterocycles. The monoisotopic (exact) mass is 394 g/mol. The zero-order valence-electron chi connectivity index (χ0n) is 17.4. The van der Waals surface area contributed by atoms with Gasteiger partial charge in [0.25, 0.3) is 0 Å². The second kappa shape index (κ2) is 7.23. The maximum atomic E-state index is 4.93. The first-order valence-corrected chi connectivity index (χ1v) is 12.2. The SMILES string of the molecule is CC12CCCCC1=CCC1C2CCC2(C)/C(=N/NSc3ccccc3)CCC12. The van der Waals surface area contributed by atoms with Crippen LogP contribution in [0.4, 0.5) is 0 Å². The van der Waals surface area contributed by atoms with E-state index in [4.69, 9.17) is 5.10 Å². The highest BCUT2D eigenvalue weighted by Crippen LogP contribution is 2.64. The van der Waals surface area contributed by atoms with E-state index in [1.165, 1.54) is 68.4 Å². The van der Waals surface area contributed by atoms with Gasteiger partial charge in [-0.15, -0.1) is 0 Å². The quantitative estimate of drug-likeness (QED) is 0.339. The van der Waals surface area contributed by atoms with Crippen molar-refractivity contribution in [1.29, 1.82) is 0 Å². The Balaban J connectivity index is 1.34. The van der Waals surface area contributed by atoms with Gasteiger partial charge in [0.15, 0.2) is 0 Å². The van der Waals surface area contributed by atoms with Crippen molar-refractivity contribution in [2.45, 2.75) is 76.5 Å². The van der Waals surface area contributed by atoms with Gasteiger partial charge in [0.2, 0.25) is 0 Å². The van der Waals surface area contributed by atoms with Crippen LogP contribution in [0.25, 0.3) is 0 Å². The van der Waals surface area contributed by atoms with Gasteiger partial charge < -0.3 is 0 Å². The molecule has 3 fully saturated rings. The number of hydrogen-bond donors (Lipinski definition) is 1. The standard InChI is InChI=1S/C25H34N2S/c1-24-16-7-6-8-18(24)11-12-20-21-13-14-23(25(21,2)17-15-22(20)24)26-27-28-19-9-4-3-5-10-19/h3-5,9-11,20-22,27H,6-8,12-17H2,1-2H3/b26-23+. The molecule has 0 amide bonds. The summed E-state index contributed by atoms with van der Waals surface area (Å²) < 4.78 is 0. The first-order valence-electron chi connectivity index (χ1n) is 11.3. The lowest BCUT2D eigenvalue weighted by molar-refractivity contribution is -0.00622. The van der Waals surface area contributed by atoms with Gasteiger partial charge in [-0.2, -0.15) is 5.10 Å². The maximum Gasteiger partial charge on any atom is 0.0450 e. The lowest BCUT2D eigenvalue weighted by Crippen LogP contribution is -2.49. The number of nitrogens with one attached hydrogen (secondary N) is 1. The molecule has 0 spiro atoms. The maximum absolute atomic E-state index is 4.93. The summed E-state index contributed by atoms with van der Waals surface area (Å²) in [5.74, 6) is 2.61. The summed E-state index contributed by atoms with van der Waals surface area (Å²) in [5, 5.41) is 4.93. The minimum atomic E-state index is 0.307. The molecule has 0 bridgehead atoms. The van der Waals surface area contributed by atoms with Crippen LogP contribution >= 0.6 is 11.9 Å². The molecule has 0 saturated heterocycles. The summed E-state index contributed by atoms with van der Waals surface area (Å²) in [7, 11) is 0. The highest BCUT2D eigenvalue weighted by molar-refractivity contribution is 7.97.